The first-order chi connectivity index (χ1) is 9.78. The fourth-order valence-electron chi connectivity index (χ4n) is 2.56. The minimum Gasteiger partial charge on any atom is -0.335 e. The van der Waals surface area contributed by atoms with Gasteiger partial charge in [0.25, 0.3) is 0 Å². The zero-order valence-electron chi connectivity index (χ0n) is 12.3. The third-order valence-corrected chi connectivity index (χ3v) is 3.78. The van der Waals surface area contributed by atoms with Crippen LogP contribution in [0.3, 0.4) is 0 Å². The minimum atomic E-state index is -0.0943. The van der Waals surface area contributed by atoms with E-state index in [1.807, 2.05) is 30.3 Å². The van der Waals surface area contributed by atoms with Crippen LogP contribution in [0.1, 0.15) is 32.6 Å². The summed E-state index contributed by atoms with van der Waals surface area (Å²) in [7, 11) is 0. The number of piperidine rings is 1. The van der Waals surface area contributed by atoms with Crippen molar-refractivity contribution in [2.24, 2.45) is 0 Å². The summed E-state index contributed by atoms with van der Waals surface area (Å²) >= 11 is 0. The monoisotopic (exact) mass is 275 g/mol. The zero-order valence-corrected chi connectivity index (χ0v) is 12.3. The maximum atomic E-state index is 11.9. The van der Waals surface area contributed by atoms with Gasteiger partial charge >= 0.3 is 6.03 Å². The lowest BCUT2D eigenvalue weighted by Gasteiger charge is -2.32. The van der Waals surface area contributed by atoms with Crippen molar-refractivity contribution >= 4 is 11.7 Å². The van der Waals surface area contributed by atoms with Gasteiger partial charge < -0.3 is 15.5 Å². The predicted molar refractivity (Wildman–Crippen MR) is 83.0 cm³/mol. The number of amides is 2. The van der Waals surface area contributed by atoms with Crippen molar-refractivity contribution in [2.45, 2.75) is 38.6 Å². The number of benzene rings is 1. The summed E-state index contributed by atoms with van der Waals surface area (Å²) in [4.78, 5) is 14.4. The lowest BCUT2D eigenvalue weighted by molar-refractivity contribution is 0.194. The number of nitrogens with one attached hydrogen (secondary N) is 2. The highest BCUT2D eigenvalue weighted by Crippen LogP contribution is 2.12. The Kier molecular flexibility index (Phi) is 5.87. The highest BCUT2D eigenvalue weighted by atomic mass is 16.2. The van der Waals surface area contributed by atoms with Crippen LogP contribution in [0.25, 0.3) is 0 Å². The van der Waals surface area contributed by atoms with E-state index < -0.39 is 0 Å². The van der Waals surface area contributed by atoms with Crippen LogP contribution >= 0.6 is 0 Å². The van der Waals surface area contributed by atoms with E-state index in [2.05, 4.69) is 22.5 Å². The van der Waals surface area contributed by atoms with E-state index in [9.17, 15) is 4.79 Å². The van der Waals surface area contributed by atoms with E-state index >= 15 is 0 Å². The molecule has 1 aromatic carbocycles. The van der Waals surface area contributed by atoms with E-state index in [-0.39, 0.29) is 6.03 Å². The Balaban J connectivity index is 1.68. The molecule has 1 saturated heterocycles. The first-order valence-corrected chi connectivity index (χ1v) is 7.63. The van der Waals surface area contributed by atoms with Crippen molar-refractivity contribution in [1.82, 2.24) is 10.2 Å². The van der Waals surface area contributed by atoms with Crippen molar-refractivity contribution in [3.05, 3.63) is 30.3 Å². The number of urea groups is 1. The highest BCUT2D eigenvalue weighted by Gasteiger charge is 2.20. The standard InChI is InChI=1S/C16H25N3O/c1-2-3-11-19-12-9-15(10-13-19)18-16(20)17-14-7-5-4-6-8-14/h4-8,15H,2-3,9-13H2,1H3,(H2,17,18,20). The Bertz CT molecular complexity index is 399. The average Bonchev–Trinajstić information content (AvgIpc) is 2.47. The SMILES string of the molecule is CCCCN1CCC(NC(=O)Nc2ccccc2)CC1. The Morgan fingerprint density at radius 1 is 1.25 bits per heavy atom. The molecule has 20 heavy (non-hydrogen) atoms. The summed E-state index contributed by atoms with van der Waals surface area (Å²) in [6.45, 7) is 5.61. The summed E-state index contributed by atoms with van der Waals surface area (Å²) in [6, 6.07) is 9.78. The van der Waals surface area contributed by atoms with Crippen LogP contribution in [0, 0.1) is 0 Å². The van der Waals surface area contributed by atoms with Gasteiger partial charge in [0.05, 0.1) is 0 Å². The van der Waals surface area contributed by atoms with Crippen molar-refractivity contribution in [3.8, 4) is 0 Å². The normalized spacial score (nSPS) is 16.9. The number of hydrogen-bond donors (Lipinski definition) is 2. The lowest BCUT2D eigenvalue weighted by atomic mass is 10.0. The van der Waals surface area contributed by atoms with Gasteiger partial charge in [0.2, 0.25) is 0 Å². The summed E-state index contributed by atoms with van der Waals surface area (Å²) < 4.78 is 0. The molecule has 2 amide bonds. The molecule has 1 aromatic rings. The number of carbonyl (C=O) groups is 1. The molecule has 2 rings (SSSR count). The van der Waals surface area contributed by atoms with Gasteiger partial charge in [-0.3, -0.25) is 0 Å². The molecule has 0 aromatic heterocycles. The van der Waals surface area contributed by atoms with Crippen LogP contribution in [0.15, 0.2) is 30.3 Å². The molecule has 0 bridgehead atoms. The first-order valence-electron chi connectivity index (χ1n) is 7.63. The topological polar surface area (TPSA) is 44.4 Å². The van der Waals surface area contributed by atoms with Gasteiger partial charge in [0, 0.05) is 24.8 Å². The second-order valence-corrected chi connectivity index (χ2v) is 5.43. The van der Waals surface area contributed by atoms with Gasteiger partial charge in [-0.15, -0.1) is 0 Å². The van der Waals surface area contributed by atoms with Crippen molar-refractivity contribution < 1.29 is 4.79 Å². The fourth-order valence-corrected chi connectivity index (χ4v) is 2.56. The van der Waals surface area contributed by atoms with Crippen LogP contribution in [-0.4, -0.2) is 36.6 Å². The molecule has 1 aliphatic heterocycles. The minimum absolute atomic E-state index is 0.0943. The second kappa shape index (κ2) is 7.90. The van der Waals surface area contributed by atoms with E-state index in [4.69, 9.17) is 0 Å². The van der Waals surface area contributed by atoms with E-state index in [0.29, 0.717) is 6.04 Å². The lowest BCUT2D eigenvalue weighted by Crippen LogP contribution is -2.46. The quantitative estimate of drug-likeness (QED) is 0.867. The Morgan fingerprint density at radius 2 is 1.95 bits per heavy atom. The molecule has 0 unspecified atom stereocenters. The van der Waals surface area contributed by atoms with Crippen LogP contribution in [0.4, 0.5) is 10.5 Å². The number of anilines is 1. The fraction of sp³-hybridized carbons (Fsp3) is 0.562. The number of unbranched alkanes of at least 4 members (excludes halogenated alkanes) is 1. The van der Waals surface area contributed by atoms with Gasteiger partial charge in [0.15, 0.2) is 0 Å². The number of hydrogen-bond acceptors (Lipinski definition) is 2. The largest absolute Gasteiger partial charge is 0.335 e. The summed E-state index contributed by atoms with van der Waals surface area (Å²) in [5.41, 5.74) is 0.838. The number of carbonyl (C=O) groups excluding carboxylic acids is 1. The van der Waals surface area contributed by atoms with Crippen LogP contribution < -0.4 is 10.6 Å². The molecule has 0 atom stereocenters. The van der Waals surface area contributed by atoms with Gasteiger partial charge in [-0.1, -0.05) is 31.5 Å². The first kappa shape index (κ1) is 14.9. The maximum absolute atomic E-state index is 11.9. The van der Waals surface area contributed by atoms with Crippen LogP contribution in [-0.2, 0) is 0 Å². The van der Waals surface area contributed by atoms with Crippen molar-refractivity contribution in [1.29, 1.82) is 0 Å². The summed E-state index contributed by atoms with van der Waals surface area (Å²) in [5, 5.41) is 5.94. The Morgan fingerprint density at radius 3 is 2.60 bits per heavy atom. The second-order valence-electron chi connectivity index (χ2n) is 5.43. The van der Waals surface area contributed by atoms with Crippen LogP contribution in [0.5, 0.6) is 0 Å². The number of nitrogens with zero attached hydrogens (tertiary/aromatic N) is 1. The molecule has 4 heteroatoms. The molecule has 110 valence electrons. The van der Waals surface area contributed by atoms with Gasteiger partial charge in [-0.25, -0.2) is 4.79 Å². The molecule has 1 fully saturated rings. The number of para-hydroxylation sites is 1. The zero-order chi connectivity index (χ0) is 14.2. The maximum Gasteiger partial charge on any atom is 0.319 e. The third kappa shape index (κ3) is 4.85. The molecule has 4 nitrogen and oxygen atoms in total. The van der Waals surface area contributed by atoms with E-state index in [1.165, 1.54) is 19.4 Å². The molecule has 0 spiro atoms. The van der Waals surface area contributed by atoms with Gasteiger partial charge in [0.1, 0.15) is 0 Å². The molecule has 2 N–H and O–H groups in total. The summed E-state index contributed by atoms with van der Waals surface area (Å²) in [6.07, 6.45) is 4.61. The van der Waals surface area contributed by atoms with Crippen molar-refractivity contribution in [2.75, 3.05) is 25.0 Å². The van der Waals surface area contributed by atoms with E-state index in [0.717, 1.165) is 31.6 Å². The summed E-state index contributed by atoms with van der Waals surface area (Å²) in [5.74, 6) is 0. The number of rotatable bonds is 5. The molecular weight excluding hydrogens is 250 g/mol. The molecule has 0 radical (unpaired) electrons. The molecule has 0 aliphatic carbocycles. The van der Waals surface area contributed by atoms with Crippen molar-refractivity contribution in [3.63, 3.8) is 0 Å². The Hall–Kier alpha value is -1.55. The van der Waals surface area contributed by atoms with E-state index in [1.54, 1.807) is 0 Å². The molecular formula is C16H25N3O. The van der Waals surface area contributed by atoms with Crippen LogP contribution in [0.2, 0.25) is 0 Å². The van der Waals surface area contributed by atoms with Gasteiger partial charge in [-0.2, -0.15) is 0 Å². The third-order valence-electron chi connectivity index (χ3n) is 3.78. The molecule has 1 heterocycles. The Labute approximate surface area is 121 Å². The molecule has 0 saturated carbocycles. The average molecular weight is 275 g/mol. The van der Waals surface area contributed by atoms with Gasteiger partial charge in [-0.05, 0) is 37.9 Å². The number of likely N-dealkylation sites (tertiary alicyclic amines) is 1. The highest BCUT2D eigenvalue weighted by molar-refractivity contribution is 5.89. The predicted octanol–water partition coefficient (Wildman–Crippen LogP) is 3.07. The smallest absolute Gasteiger partial charge is 0.319 e. The molecule has 1 aliphatic rings.